The predicted molar refractivity (Wildman–Crippen MR) is 85.6 cm³/mol. The van der Waals surface area contributed by atoms with Crippen LogP contribution in [0.5, 0.6) is 0 Å². The van der Waals surface area contributed by atoms with Gasteiger partial charge in [-0.2, -0.15) is 0 Å². The van der Waals surface area contributed by atoms with E-state index in [0.717, 1.165) is 19.7 Å². The zero-order chi connectivity index (χ0) is 15.3. The number of hydrogen-bond donors (Lipinski definition) is 1. The van der Waals surface area contributed by atoms with E-state index in [9.17, 15) is 0 Å². The van der Waals surface area contributed by atoms with Crippen molar-refractivity contribution in [3.8, 4) is 0 Å². The molecule has 126 valence electrons. The summed E-state index contributed by atoms with van der Waals surface area (Å²) in [6, 6.07) is 1.12. The van der Waals surface area contributed by atoms with Gasteiger partial charge in [0.05, 0.1) is 33.0 Å². The third-order valence-electron chi connectivity index (χ3n) is 4.10. The molecule has 0 unspecified atom stereocenters. The number of nitrogens with two attached hydrogens (primary N) is 1. The Bertz CT molecular complexity index is 234. The van der Waals surface area contributed by atoms with E-state index in [0.29, 0.717) is 38.5 Å². The molecule has 0 radical (unpaired) electrons. The van der Waals surface area contributed by atoms with E-state index < -0.39 is 0 Å². The standard InChI is InChI=1S/C16H34N2O3/c1-3-8-18(16-6-4-15(17)5-7-16)9-10-20-13-14-21-12-11-19-2/h15-16H,3-14,17H2,1-2H3. The van der Waals surface area contributed by atoms with E-state index in [1.807, 2.05) is 0 Å². The average Bonchev–Trinajstić information content (AvgIpc) is 2.50. The summed E-state index contributed by atoms with van der Waals surface area (Å²) in [5, 5.41) is 0. The SMILES string of the molecule is CCCN(CCOCCOCCOC)C1CCC(N)CC1. The van der Waals surface area contributed by atoms with Gasteiger partial charge in [0.2, 0.25) is 0 Å². The van der Waals surface area contributed by atoms with E-state index in [4.69, 9.17) is 19.9 Å². The summed E-state index contributed by atoms with van der Waals surface area (Å²) in [7, 11) is 1.68. The van der Waals surface area contributed by atoms with Crippen molar-refractivity contribution in [2.24, 2.45) is 5.73 Å². The zero-order valence-electron chi connectivity index (χ0n) is 13.9. The van der Waals surface area contributed by atoms with E-state index in [2.05, 4.69) is 11.8 Å². The molecule has 0 spiro atoms. The minimum atomic E-state index is 0.422. The quantitative estimate of drug-likeness (QED) is 0.556. The predicted octanol–water partition coefficient (Wildman–Crippen LogP) is 1.65. The monoisotopic (exact) mass is 302 g/mol. The summed E-state index contributed by atoms with van der Waals surface area (Å²) >= 11 is 0. The van der Waals surface area contributed by atoms with Crippen molar-refractivity contribution >= 4 is 0 Å². The van der Waals surface area contributed by atoms with Gasteiger partial charge in [0.1, 0.15) is 0 Å². The first-order valence-electron chi connectivity index (χ1n) is 8.42. The van der Waals surface area contributed by atoms with Crippen molar-refractivity contribution in [1.82, 2.24) is 4.90 Å². The van der Waals surface area contributed by atoms with Crippen molar-refractivity contribution in [2.45, 2.75) is 51.1 Å². The lowest BCUT2D eigenvalue weighted by Crippen LogP contribution is -2.42. The van der Waals surface area contributed by atoms with Gasteiger partial charge in [-0.1, -0.05) is 6.92 Å². The Kier molecular flexibility index (Phi) is 11.1. The number of nitrogens with zero attached hydrogens (tertiary/aromatic N) is 1. The zero-order valence-corrected chi connectivity index (χ0v) is 13.9. The summed E-state index contributed by atoms with van der Waals surface area (Å²) in [6.07, 6.45) is 6.00. The number of methoxy groups -OCH3 is 1. The van der Waals surface area contributed by atoms with Gasteiger partial charge in [-0.25, -0.2) is 0 Å². The normalized spacial score (nSPS) is 22.9. The highest BCUT2D eigenvalue weighted by molar-refractivity contribution is 4.81. The van der Waals surface area contributed by atoms with Gasteiger partial charge in [-0.15, -0.1) is 0 Å². The van der Waals surface area contributed by atoms with Crippen LogP contribution >= 0.6 is 0 Å². The maximum absolute atomic E-state index is 5.99. The summed E-state index contributed by atoms with van der Waals surface area (Å²) < 4.78 is 16.0. The fraction of sp³-hybridized carbons (Fsp3) is 1.00. The Morgan fingerprint density at radius 2 is 1.52 bits per heavy atom. The van der Waals surface area contributed by atoms with Gasteiger partial charge in [-0.05, 0) is 38.6 Å². The number of ether oxygens (including phenoxy) is 3. The van der Waals surface area contributed by atoms with Crippen LogP contribution in [0.1, 0.15) is 39.0 Å². The van der Waals surface area contributed by atoms with Gasteiger partial charge >= 0.3 is 0 Å². The van der Waals surface area contributed by atoms with Crippen LogP contribution in [0.25, 0.3) is 0 Å². The van der Waals surface area contributed by atoms with Crippen molar-refractivity contribution < 1.29 is 14.2 Å². The smallest absolute Gasteiger partial charge is 0.0701 e. The first-order valence-corrected chi connectivity index (χ1v) is 8.42. The fourth-order valence-corrected chi connectivity index (χ4v) is 2.88. The molecule has 0 heterocycles. The lowest BCUT2D eigenvalue weighted by Gasteiger charge is -2.35. The topological polar surface area (TPSA) is 57.0 Å². The summed E-state index contributed by atoms with van der Waals surface area (Å²) in [5.74, 6) is 0. The molecular formula is C16H34N2O3. The van der Waals surface area contributed by atoms with Gasteiger partial charge < -0.3 is 19.9 Å². The molecule has 0 aromatic rings. The molecule has 1 aliphatic carbocycles. The highest BCUT2D eigenvalue weighted by Crippen LogP contribution is 2.22. The van der Waals surface area contributed by atoms with Gasteiger partial charge in [0.15, 0.2) is 0 Å². The summed E-state index contributed by atoms with van der Waals surface area (Å²) in [6.45, 7) is 7.81. The molecule has 5 nitrogen and oxygen atoms in total. The van der Waals surface area contributed by atoms with E-state index in [-0.39, 0.29) is 0 Å². The first kappa shape index (κ1) is 18.8. The third kappa shape index (κ3) is 8.73. The molecule has 21 heavy (non-hydrogen) atoms. The van der Waals surface area contributed by atoms with Crippen LogP contribution in [0.15, 0.2) is 0 Å². The molecule has 0 saturated heterocycles. The molecule has 0 atom stereocenters. The highest BCUT2D eigenvalue weighted by atomic mass is 16.5. The van der Waals surface area contributed by atoms with Crippen molar-refractivity contribution in [3.63, 3.8) is 0 Å². The average molecular weight is 302 g/mol. The molecule has 1 aliphatic rings. The van der Waals surface area contributed by atoms with E-state index >= 15 is 0 Å². The molecular weight excluding hydrogens is 268 g/mol. The number of rotatable bonds is 12. The minimum absolute atomic E-state index is 0.422. The van der Waals surface area contributed by atoms with Crippen LogP contribution in [0, 0.1) is 0 Å². The maximum Gasteiger partial charge on any atom is 0.0701 e. The second kappa shape index (κ2) is 12.4. The number of hydrogen-bond acceptors (Lipinski definition) is 5. The summed E-state index contributed by atoms with van der Waals surface area (Å²) in [5.41, 5.74) is 5.99. The largest absolute Gasteiger partial charge is 0.382 e. The maximum atomic E-state index is 5.99. The Morgan fingerprint density at radius 1 is 0.905 bits per heavy atom. The second-order valence-corrected chi connectivity index (χ2v) is 5.82. The first-order chi connectivity index (χ1) is 10.3. The van der Waals surface area contributed by atoms with Crippen LogP contribution in [0.2, 0.25) is 0 Å². The Balaban J connectivity index is 2.08. The second-order valence-electron chi connectivity index (χ2n) is 5.82. The van der Waals surface area contributed by atoms with Gasteiger partial charge in [0.25, 0.3) is 0 Å². The molecule has 0 amide bonds. The van der Waals surface area contributed by atoms with E-state index in [1.165, 1.54) is 32.1 Å². The van der Waals surface area contributed by atoms with Crippen LogP contribution in [-0.4, -0.2) is 70.2 Å². The van der Waals surface area contributed by atoms with E-state index in [1.54, 1.807) is 7.11 Å². The van der Waals surface area contributed by atoms with Crippen LogP contribution in [-0.2, 0) is 14.2 Å². The van der Waals surface area contributed by atoms with Gasteiger partial charge in [-0.3, -0.25) is 4.90 Å². The highest BCUT2D eigenvalue weighted by Gasteiger charge is 2.23. The molecule has 1 saturated carbocycles. The van der Waals surface area contributed by atoms with Crippen molar-refractivity contribution in [1.29, 1.82) is 0 Å². The lowest BCUT2D eigenvalue weighted by atomic mass is 9.90. The Hall–Kier alpha value is -0.200. The van der Waals surface area contributed by atoms with Crippen molar-refractivity contribution in [2.75, 3.05) is 53.2 Å². The molecule has 0 bridgehead atoms. The van der Waals surface area contributed by atoms with Crippen LogP contribution < -0.4 is 5.73 Å². The van der Waals surface area contributed by atoms with Crippen LogP contribution in [0.3, 0.4) is 0 Å². The molecule has 5 heteroatoms. The Labute approximate surface area is 130 Å². The van der Waals surface area contributed by atoms with Crippen LogP contribution in [0.4, 0.5) is 0 Å². The van der Waals surface area contributed by atoms with Crippen molar-refractivity contribution in [3.05, 3.63) is 0 Å². The third-order valence-corrected chi connectivity index (χ3v) is 4.10. The molecule has 0 aromatic carbocycles. The molecule has 1 rings (SSSR count). The minimum Gasteiger partial charge on any atom is -0.382 e. The molecule has 2 N–H and O–H groups in total. The molecule has 0 aromatic heterocycles. The van der Waals surface area contributed by atoms with Gasteiger partial charge in [0, 0.05) is 25.7 Å². The lowest BCUT2D eigenvalue weighted by molar-refractivity contribution is 0.0145. The molecule has 1 fully saturated rings. The molecule has 0 aliphatic heterocycles. The fourth-order valence-electron chi connectivity index (χ4n) is 2.88. The Morgan fingerprint density at radius 3 is 2.14 bits per heavy atom. The summed E-state index contributed by atoms with van der Waals surface area (Å²) in [4.78, 5) is 2.58.